The highest BCUT2D eigenvalue weighted by Crippen LogP contribution is 2.36. The van der Waals surface area contributed by atoms with E-state index in [-0.39, 0.29) is 22.1 Å². The molecule has 1 aliphatic carbocycles. The van der Waals surface area contributed by atoms with E-state index >= 15 is 0 Å². The summed E-state index contributed by atoms with van der Waals surface area (Å²) < 4.78 is 27.2. The Morgan fingerprint density at radius 3 is 2.45 bits per heavy atom. The van der Waals surface area contributed by atoms with E-state index in [1.807, 2.05) is 32.0 Å². The van der Waals surface area contributed by atoms with Crippen LogP contribution in [0.1, 0.15) is 63.9 Å². The van der Waals surface area contributed by atoms with Gasteiger partial charge in [-0.1, -0.05) is 37.0 Å². The van der Waals surface area contributed by atoms with E-state index in [0.717, 1.165) is 34.7 Å². The monoisotopic (exact) mass is 412 g/mol. The zero-order valence-electron chi connectivity index (χ0n) is 16.6. The fourth-order valence-electron chi connectivity index (χ4n) is 4.21. The molecule has 1 saturated carbocycles. The van der Waals surface area contributed by atoms with Crippen LogP contribution in [0, 0.1) is 13.8 Å². The first-order valence-electron chi connectivity index (χ1n) is 9.90. The first-order chi connectivity index (χ1) is 13.8. The van der Waals surface area contributed by atoms with Crippen LogP contribution in [0.5, 0.6) is 0 Å². The first-order valence-corrected chi connectivity index (χ1v) is 11.3. The van der Waals surface area contributed by atoms with E-state index in [1.54, 1.807) is 0 Å². The quantitative estimate of drug-likeness (QED) is 0.825. The van der Waals surface area contributed by atoms with Crippen molar-refractivity contribution in [2.75, 3.05) is 5.32 Å². The summed E-state index contributed by atoms with van der Waals surface area (Å²) in [5, 5.41) is 2.83. The summed E-state index contributed by atoms with van der Waals surface area (Å²) in [4.78, 5) is 25.5. The lowest BCUT2D eigenvalue weighted by Crippen LogP contribution is -2.40. The number of carbonyl (C=O) groups is 2. The molecule has 6 nitrogen and oxygen atoms in total. The number of amides is 2. The third-order valence-electron chi connectivity index (χ3n) is 5.75. The average molecular weight is 413 g/mol. The molecule has 2 amide bonds. The van der Waals surface area contributed by atoms with Crippen molar-refractivity contribution in [3.05, 3.63) is 58.7 Å². The molecule has 0 radical (unpaired) electrons. The maximum Gasteiger partial charge on any atom is 0.269 e. The number of carbonyl (C=O) groups excluding carboxylic acids is 2. The Hall–Kier alpha value is -2.67. The SMILES string of the molecule is Cc1ccc(NC(=O)c2ccc3c(c2)S(=O)(=O)N(C2CCCCC2)C3=O)c(C)c1. The lowest BCUT2D eigenvalue weighted by atomic mass is 9.95. The Kier molecular flexibility index (Phi) is 4.94. The van der Waals surface area contributed by atoms with Crippen LogP contribution in [0.15, 0.2) is 41.3 Å². The third kappa shape index (κ3) is 3.44. The van der Waals surface area contributed by atoms with Gasteiger partial charge in [0.25, 0.3) is 21.8 Å². The zero-order valence-corrected chi connectivity index (χ0v) is 17.4. The van der Waals surface area contributed by atoms with E-state index in [9.17, 15) is 18.0 Å². The van der Waals surface area contributed by atoms with Gasteiger partial charge in [0.05, 0.1) is 5.56 Å². The van der Waals surface area contributed by atoms with Crippen LogP contribution in [0.3, 0.4) is 0 Å². The zero-order chi connectivity index (χ0) is 20.8. The summed E-state index contributed by atoms with van der Waals surface area (Å²) in [7, 11) is -3.93. The Labute approximate surface area is 171 Å². The van der Waals surface area contributed by atoms with E-state index < -0.39 is 21.8 Å². The molecule has 0 saturated heterocycles. The van der Waals surface area contributed by atoms with E-state index in [0.29, 0.717) is 18.5 Å². The minimum Gasteiger partial charge on any atom is -0.322 e. The summed E-state index contributed by atoms with van der Waals surface area (Å²) in [6.45, 7) is 3.87. The molecule has 0 unspecified atom stereocenters. The van der Waals surface area contributed by atoms with Crippen molar-refractivity contribution < 1.29 is 18.0 Å². The average Bonchev–Trinajstić information content (AvgIpc) is 2.90. The van der Waals surface area contributed by atoms with Crippen LogP contribution in [0.2, 0.25) is 0 Å². The Balaban J connectivity index is 1.64. The Bertz CT molecular complexity index is 1100. The molecule has 1 fully saturated rings. The largest absolute Gasteiger partial charge is 0.322 e. The van der Waals surface area contributed by atoms with Crippen molar-refractivity contribution in [1.82, 2.24) is 4.31 Å². The molecule has 0 spiro atoms. The highest BCUT2D eigenvalue weighted by atomic mass is 32.2. The summed E-state index contributed by atoms with van der Waals surface area (Å²) in [5.74, 6) is -0.883. The van der Waals surface area contributed by atoms with Crippen molar-refractivity contribution in [1.29, 1.82) is 0 Å². The molecule has 0 bridgehead atoms. The molecule has 1 heterocycles. The number of rotatable bonds is 3. The molecule has 2 aliphatic rings. The molecule has 29 heavy (non-hydrogen) atoms. The third-order valence-corrected chi connectivity index (χ3v) is 7.62. The van der Waals surface area contributed by atoms with E-state index in [2.05, 4.69) is 5.32 Å². The fourth-order valence-corrected chi connectivity index (χ4v) is 6.05. The van der Waals surface area contributed by atoms with Crippen LogP contribution < -0.4 is 5.32 Å². The summed E-state index contributed by atoms with van der Waals surface area (Å²) in [5.41, 5.74) is 3.05. The predicted molar refractivity (Wildman–Crippen MR) is 111 cm³/mol. The van der Waals surface area contributed by atoms with Gasteiger partial charge in [-0.3, -0.25) is 9.59 Å². The second kappa shape index (κ2) is 7.30. The van der Waals surface area contributed by atoms with E-state index in [1.165, 1.54) is 18.2 Å². The number of nitrogens with zero attached hydrogens (tertiary/aromatic N) is 1. The van der Waals surface area contributed by atoms with Gasteiger partial charge in [0.2, 0.25) is 0 Å². The topological polar surface area (TPSA) is 83.6 Å². The van der Waals surface area contributed by atoms with Gasteiger partial charge in [-0.15, -0.1) is 0 Å². The molecule has 4 rings (SSSR count). The number of benzene rings is 2. The minimum absolute atomic E-state index is 0.0682. The first kappa shape index (κ1) is 19.6. The van der Waals surface area contributed by atoms with Crippen LogP contribution in [-0.2, 0) is 10.0 Å². The molecule has 7 heteroatoms. The maximum absolute atomic E-state index is 13.1. The Morgan fingerprint density at radius 1 is 1.03 bits per heavy atom. The number of nitrogens with one attached hydrogen (secondary N) is 1. The second-order valence-corrected chi connectivity index (χ2v) is 9.66. The van der Waals surface area contributed by atoms with E-state index in [4.69, 9.17) is 0 Å². The lowest BCUT2D eigenvalue weighted by molar-refractivity contribution is 0.0809. The number of anilines is 1. The normalized spacial score (nSPS) is 18.6. The minimum atomic E-state index is -3.93. The highest BCUT2D eigenvalue weighted by molar-refractivity contribution is 7.90. The van der Waals surface area contributed by atoms with Gasteiger partial charge in [-0.2, -0.15) is 0 Å². The van der Waals surface area contributed by atoms with Crippen molar-refractivity contribution in [2.45, 2.75) is 56.9 Å². The molecule has 0 atom stereocenters. The number of sulfonamides is 1. The standard InChI is InChI=1S/C22H24N2O4S/c1-14-8-11-19(15(2)12-14)23-21(25)16-9-10-18-20(13-16)29(27,28)24(22(18)26)17-6-4-3-5-7-17/h8-13,17H,3-7H2,1-2H3,(H,23,25). The molecule has 2 aromatic rings. The van der Waals surface area contributed by atoms with Gasteiger partial charge in [0.1, 0.15) is 4.90 Å². The molecule has 152 valence electrons. The van der Waals surface area contributed by atoms with Gasteiger partial charge >= 0.3 is 0 Å². The van der Waals surface area contributed by atoms with Crippen molar-refractivity contribution in [2.24, 2.45) is 0 Å². The maximum atomic E-state index is 13.1. The molecule has 1 aliphatic heterocycles. The van der Waals surface area contributed by atoms with Crippen LogP contribution in [0.25, 0.3) is 0 Å². The Morgan fingerprint density at radius 2 is 1.76 bits per heavy atom. The summed E-state index contributed by atoms with van der Waals surface area (Å²) in [6, 6.07) is 9.68. The number of hydrogen-bond acceptors (Lipinski definition) is 4. The van der Waals surface area contributed by atoms with Gasteiger partial charge < -0.3 is 5.32 Å². The second-order valence-electron chi connectivity index (χ2n) is 7.88. The lowest BCUT2D eigenvalue weighted by Gasteiger charge is -2.29. The number of hydrogen-bond donors (Lipinski definition) is 1. The van der Waals surface area contributed by atoms with Crippen LogP contribution >= 0.6 is 0 Å². The molecular formula is C22H24N2O4S. The smallest absolute Gasteiger partial charge is 0.269 e. The fraction of sp³-hybridized carbons (Fsp3) is 0.364. The van der Waals surface area contributed by atoms with Crippen LogP contribution in [0.4, 0.5) is 5.69 Å². The molecule has 2 aromatic carbocycles. The van der Waals surface area contributed by atoms with Crippen molar-refractivity contribution in [3.63, 3.8) is 0 Å². The van der Waals surface area contributed by atoms with Gasteiger partial charge in [-0.05, 0) is 56.5 Å². The summed E-state index contributed by atoms with van der Waals surface area (Å²) >= 11 is 0. The predicted octanol–water partition coefficient (Wildman–Crippen LogP) is 4.03. The molecule has 0 aromatic heterocycles. The van der Waals surface area contributed by atoms with Gasteiger partial charge in [-0.25, -0.2) is 12.7 Å². The molecular weight excluding hydrogens is 388 g/mol. The molecule has 1 N–H and O–H groups in total. The summed E-state index contributed by atoms with van der Waals surface area (Å²) in [6.07, 6.45) is 4.29. The number of aryl methyl sites for hydroxylation is 2. The van der Waals surface area contributed by atoms with Gasteiger partial charge in [0, 0.05) is 17.3 Å². The van der Waals surface area contributed by atoms with Crippen LogP contribution in [-0.4, -0.2) is 30.6 Å². The van der Waals surface area contributed by atoms with Crippen molar-refractivity contribution >= 4 is 27.5 Å². The van der Waals surface area contributed by atoms with Crippen molar-refractivity contribution in [3.8, 4) is 0 Å². The van der Waals surface area contributed by atoms with Gasteiger partial charge in [0.15, 0.2) is 0 Å². The highest BCUT2D eigenvalue weighted by Gasteiger charge is 2.45. The number of fused-ring (bicyclic) bond motifs is 1.